The third kappa shape index (κ3) is 2.43. The highest BCUT2D eigenvalue weighted by Gasteiger charge is 2.43. The molecular weight excluding hydrogens is 285 g/mol. The molecule has 1 aliphatic carbocycles. The second kappa shape index (κ2) is 4.86. The van der Waals surface area contributed by atoms with E-state index < -0.39 is 5.82 Å². The molecular formula is C13H14BrFNO. The van der Waals surface area contributed by atoms with Crippen molar-refractivity contribution in [2.75, 3.05) is 6.54 Å². The van der Waals surface area contributed by atoms with E-state index in [-0.39, 0.29) is 23.3 Å². The molecule has 1 radical (unpaired) electrons. The van der Waals surface area contributed by atoms with Crippen molar-refractivity contribution in [2.45, 2.75) is 19.4 Å². The summed E-state index contributed by atoms with van der Waals surface area (Å²) in [6, 6.07) is 3.44. The van der Waals surface area contributed by atoms with Gasteiger partial charge in [0.2, 0.25) is 0 Å². The highest BCUT2D eigenvalue weighted by Crippen LogP contribution is 2.35. The van der Waals surface area contributed by atoms with Crippen LogP contribution < -0.4 is 5.32 Å². The molecule has 1 N–H and O–H groups in total. The number of Topliss-reactive ketones (excluding diaryl/α,β-unsaturated/α-hetero) is 1. The van der Waals surface area contributed by atoms with Gasteiger partial charge >= 0.3 is 0 Å². The zero-order chi connectivity index (χ0) is 12.6. The van der Waals surface area contributed by atoms with Crippen LogP contribution in [0.2, 0.25) is 0 Å². The summed E-state index contributed by atoms with van der Waals surface area (Å²) < 4.78 is 14.6. The Kier molecular flexibility index (Phi) is 3.64. The van der Waals surface area contributed by atoms with E-state index in [4.69, 9.17) is 0 Å². The lowest BCUT2D eigenvalue weighted by Crippen LogP contribution is -2.20. The van der Waals surface area contributed by atoms with E-state index in [1.807, 2.05) is 0 Å². The first-order valence-electron chi connectivity index (χ1n) is 5.57. The van der Waals surface area contributed by atoms with Crippen molar-refractivity contribution in [1.82, 2.24) is 5.32 Å². The fourth-order valence-corrected chi connectivity index (χ4v) is 2.25. The Labute approximate surface area is 109 Å². The van der Waals surface area contributed by atoms with Crippen molar-refractivity contribution in [1.29, 1.82) is 0 Å². The van der Waals surface area contributed by atoms with Crippen molar-refractivity contribution in [3.05, 3.63) is 40.5 Å². The summed E-state index contributed by atoms with van der Waals surface area (Å²) in [7, 11) is 0. The van der Waals surface area contributed by atoms with Gasteiger partial charge in [0, 0.05) is 16.4 Å². The van der Waals surface area contributed by atoms with Crippen molar-refractivity contribution >= 4 is 21.7 Å². The lowest BCUT2D eigenvalue weighted by Gasteiger charge is -2.06. The molecule has 0 bridgehead atoms. The summed E-state index contributed by atoms with van der Waals surface area (Å²) in [5.74, 6) is -0.611. The fourth-order valence-electron chi connectivity index (χ4n) is 1.95. The monoisotopic (exact) mass is 298 g/mol. The van der Waals surface area contributed by atoms with Crippen LogP contribution >= 0.6 is 15.9 Å². The largest absolute Gasteiger partial charge is 0.313 e. The maximum atomic E-state index is 13.9. The molecule has 2 rings (SSSR count). The van der Waals surface area contributed by atoms with E-state index in [1.165, 1.54) is 0 Å². The van der Waals surface area contributed by atoms with Gasteiger partial charge in [0.25, 0.3) is 0 Å². The number of nitrogens with one attached hydrogen (secondary N) is 1. The average Bonchev–Trinajstić information content (AvgIpc) is 3.05. The molecule has 1 saturated carbocycles. The minimum Gasteiger partial charge on any atom is -0.313 e. The van der Waals surface area contributed by atoms with Crippen LogP contribution in [0.1, 0.15) is 22.3 Å². The molecule has 0 saturated heterocycles. The molecule has 4 heteroatoms. The van der Waals surface area contributed by atoms with E-state index in [1.54, 1.807) is 19.1 Å². The van der Waals surface area contributed by atoms with Gasteiger partial charge in [0.1, 0.15) is 5.82 Å². The molecule has 0 amide bonds. The number of hydrogen-bond acceptors (Lipinski definition) is 2. The zero-order valence-electron chi connectivity index (χ0n) is 9.59. The normalized spacial score (nSPS) is 22.6. The molecule has 17 heavy (non-hydrogen) atoms. The highest BCUT2D eigenvalue weighted by atomic mass is 79.9. The van der Waals surface area contributed by atoms with Gasteiger partial charge in [-0.3, -0.25) is 4.79 Å². The molecule has 91 valence electrons. The molecule has 1 fully saturated rings. The number of carbonyl (C=O) groups excluding carboxylic acids is 1. The smallest absolute Gasteiger partial charge is 0.170 e. The minimum absolute atomic E-state index is 0.0909. The predicted molar refractivity (Wildman–Crippen MR) is 68.4 cm³/mol. The summed E-state index contributed by atoms with van der Waals surface area (Å²) in [5, 5.41) is 3.10. The molecule has 0 spiro atoms. The van der Waals surface area contributed by atoms with Gasteiger partial charge in [-0.05, 0) is 44.5 Å². The molecule has 0 aromatic heterocycles. The maximum Gasteiger partial charge on any atom is 0.170 e. The Balaban J connectivity index is 2.19. The molecule has 0 aliphatic heterocycles. The Morgan fingerprint density at radius 2 is 2.35 bits per heavy atom. The van der Waals surface area contributed by atoms with E-state index >= 15 is 0 Å². The van der Waals surface area contributed by atoms with Crippen LogP contribution in [0.3, 0.4) is 0 Å². The molecule has 1 aromatic rings. The molecule has 0 heterocycles. The number of carbonyl (C=O) groups is 1. The second-order valence-electron chi connectivity index (χ2n) is 4.30. The Hall–Kier alpha value is -0.740. The van der Waals surface area contributed by atoms with E-state index in [0.717, 1.165) is 6.42 Å². The lowest BCUT2D eigenvalue weighted by molar-refractivity contribution is 0.0959. The van der Waals surface area contributed by atoms with Gasteiger partial charge in [-0.25, -0.2) is 4.39 Å². The Bertz CT molecular complexity index is 461. The fraction of sp³-hybridized carbons (Fsp3) is 0.385. The van der Waals surface area contributed by atoms with E-state index in [0.29, 0.717) is 16.6 Å². The summed E-state index contributed by atoms with van der Waals surface area (Å²) in [5.41, 5.74) is 0.683. The maximum absolute atomic E-state index is 13.9. The standard InChI is InChI=1S/C13H14BrFNO/c1-3-16-11-6-9(11)13(17)8-4-5-10(14)7(2)12(8)15/h4-5,9,11,16H,1,3,6H2,2H3. The summed E-state index contributed by atoms with van der Waals surface area (Å²) >= 11 is 3.25. The quantitative estimate of drug-likeness (QED) is 0.866. The van der Waals surface area contributed by atoms with Crippen LogP contribution in [0.15, 0.2) is 16.6 Å². The van der Waals surface area contributed by atoms with Crippen molar-refractivity contribution in [2.24, 2.45) is 5.92 Å². The van der Waals surface area contributed by atoms with Gasteiger partial charge in [-0.1, -0.05) is 15.9 Å². The topological polar surface area (TPSA) is 29.1 Å². The van der Waals surface area contributed by atoms with Crippen LogP contribution in [-0.4, -0.2) is 18.4 Å². The third-order valence-electron chi connectivity index (χ3n) is 3.12. The zero-order valence-corrected chi connectivity index (χ0v) is 11.2. The van der Waals surface area contributed by atoms with Crippen LogP contribution in [0.4, 0.5) is 4.39 Å². The van der Waals surface area contributed by atoms with Gasteiger partial charge in [0.15, 0.2) is 5.78 Å². The summed E-state index contributed by atoms with van der Waals surface area (Å²) in [6.45, 7) is 5.93. The number of rotatable bonds is 4. The first-order valence-corrected chi connectivity index (χ1v) is 6.37. The molecule has 2 atom stereocenters. The minimum atomic E-state index is -0.412. The number of halogens is 2. The Morgan fingerprint density at radius 3 is 3.00 bits per heavy atom. The first-order chi connectivity index (χ1) is 8.06. The highest BCUT2D eigenvalue weighted by molar-refractivity contribution is 9.10. The van der Waals surface area contributed by atoms with Crippen LogP contribution in [0.25, 0.3) is 0 Å². The SMILES string of the molecule is [CH2]CNC1CC1C(=O)c1ccc(Br)c(C)c1F. The van der Waals surface area contributed by atoms with Crippen molar-refractivity contribution < 1.29 is 9.18 Å². The summed E-state index contributed by atoms with van der Waals surface area (Å²) in [6.07, 6.45) is 0.781. The van der Waals surface area contributed by atoms with Crippen molar-refractivity contribution in [3.8, 4) is 0 Å². The van der Waals surface area contributed by atoms with Gasteiger partial charge in [-0.15, -0.1) is 0 Å². The lowest BCUT2D eigenvalue weighted by atomic mass is 10.0. The average molecular weight is 299 g/mol. The predicted octanol–water partition coefficient (Wildman–Crippen LogP) is 2.89. The number of hydrogen-bond donors (Lipinski definition) is 1. The number of benzene rings is 1. The second-order valence-corrected chi connectivity index (χ2v) is 5.16. The van der Waals surface area contributed by atoms with Crippen molar-refractivity contribution in [3.63, 3.8) is 0 Å². The van der Waals surface area contributed by atoms with Crippen LogP contribution in [0, 0.1) is 25.6 Å². The van der Waals surface area contributed by atoms with E-state index in [2.05, 4.69) is 28.2 Å². The van der Waals surface area contributed by atoms with E-state index in [9.17, 15) is 9.18 Å². The molecule has 2 nitrogen and oxygen atoms in total. The van der Waals surface area contributed by atoms with Gasteiger partial charge in [-0.2, -0.15) is 0 Å². The summed E-state index contributed by atoms with van der Waals surface area (Å²) in [4.78, 5) is 12.1. The Morgan fingerprint density at radius 1 is 1.65 bits per heavy atom. The van der Waals surface area contributed by atoms with Gasteiger partial charge < -0.3 is 5.32 Å². The van der Waals surface area contributed by atoms with Crippen LogP contribution in [0.5, 0.6) is 0 Å². The number of ketones is 1. The first kappa shape index (κ1) is 12.7. The van der Waals surface area contributed by atoms with Crippen LogP contribution in [-0.2, 0) is 0 Å². The molecule has 2 unspecified atom stereocenters. The van der Waals surface area contributed by atoms with Gasteiger partial charge in [0.05, 0.1) is 5.56 Å². The molecule has 1 aliphatic rings. The molecule has 1 aromatic carbocycles. The third-order valence-corrected chi connectivity index (χ3v) is 3.98.